The molecule has 9 heteroatoms. The molecular formula is C23H23ClN2O6. The SMILES string of the molecule is CC[C@H](C)[C@H](NC(=O)c1ccc(Cl)cc1)C(=O)OCC(=O)c1ccc2c(c1)NC(=O)CO2. The maximum absolute atomic E-state index is 12.7. The molecule has 2 amide bonds. The van der Waals surface area contributed by atoms with E-state index in [9.17, 15) is 19.2 Å². The minimum absolute atomic E-state index is 0.0867. The summed E-state index contributed by atoms with van der Waals surface area (Å²) in [6.07, 6.45) is 0.610. The Hall–Kier alpha value is -3.39. The third-order valence-corrected chi connectivity index (χ3v) is 5.39. The van der Waals surface area contributed by atoms with Gasteiger partial charge in [0.25, 0.3) is 11.8 Å². The first-order valence-corrected chi connectivity index (χ1v) is 10.5. The molecule has 0 saturated heterocycles. The second kappa shape index (κ2) is 10.3. The molecule has 8 nitrogen and oxygen atoms in total. The van der Waals surface area contributed by atoms with Crippen molar-refractivity contribution in [3.8, 4) is 5.75 Å². The molecule has 1 aliphatic heterocycles. The first kappa shape index (κ1) is 23.3. The molecule has 168 valence electrons. The summed E-state index contributed by atoms with van der Waals surface area (Å²) < 4.78 is 10.5. The summed E-state index contributed by atoms with van der Waals surface area (Å²) in [5, 5.41) is 5.79. The molecule has 1 aliphatic rings. The Morgan fingerprint density at radius 3 is 2.53 bits per heavy atom. The molecule has 32 heavy (non-hydrogen) atoms. The van der Waals surface area contributed by atoms with Gasteiger partial charge in [-0.25, -0.2) is 4.79 Å². The predicted molar refractivity (Wildman–Crippen MR) is 118 cm³/mol. The van der Waals surface area contributed by atoms with Crippen LogP contribution in [0.2, 0.25) is 5.02 Å². The quantitative estimate of drug-likeness (QED) is 0.464. The minimum atomic E-state index is -0.924. The molecule has 0 spiro atoms. The molecule has 3 rings (SSSR count). The highest BCUT2D eigenvalue weighted by atomic mass is 35.5. The van der Waals surface area contributed by atoms with Gasteiger partial charge < -0.3 is 20.1 Å². The molecule has 0 saturated carbocycles. The minimum Gasteiger partial charge on any atom is -0.482 e. The number of hydrogen-bond acceptors (Lipinski definition) is 6. The van der Waals surface area contributed by atoms with Crippen LogP contribution in [0, 0.1) is 5.92 Å². The van der Waals surface area contributed by atoms with Crippen molar-refractivity contribution < 1.29 is 28.7 Å². The topological polar surface area (TPSA) is 111 Å². The van der Waals surface area contributed by atoms with Crippen LogP contribution < -0.4 is 15.4 Å². The Morgan fingerprint density at radius 2 is 1.84 bits per heavy atom. The number of carbonyl (C=O) groups is 4. The number of hydrogen-bond donors (Lipinski definition) is 2. The van der Waals surface area contributed by atoms with Gasteiger partial charge in [0.2, 0.25) is 0 Å². The van der Waals surface area contributed by atoms with Gasteiger partial charge in [-0.3, -0.25) is 14.4 Å². The van der Waals surface area contributed by atoms with Gasteiger partial charge in [0.05, 0.1) is 5.69 Å². The number of fused-ring (bicyclic) bond motifs is 1. The zero-order valence-electron chi connectivity index (χ0n) is 17.6. The molecule has 0 bridgehead atoms. The third-order valence-electron chi connectivity index (χ3n) is 5.14. The highest BCUT2D eigenvalue weighted by Gasteiger charge is 2.28. The Balaban J connectivity index is 1.64. The average Bonchev–Trinajstić information content (AvgIpc) is 2.80. The van der Waals surface area contributed by atoms with E-state index in [-0.39, 0.29) is 24.0 Å². The van der Waals surface area contributed by atoms with E-state index in [1.54, 1.807) is 30.3 Å². The zero-order chi connectivity index (χ0) is 23.3. The van der Waals surface area contributed by atoms with Gasteiger partial charge >= 0.3 is 5.97 Å². The summed E-state index contributed by atoms with van der Waals surface area (Å²) in [5.74, 6) is -1.68. The van der Waals surface area contributed by atoms with Crippen molar-refractivity contribution in [3.05, 3.63) is 58.6 Å². The summed E-state index contributed by atoms with van der Waals surface area (Å²) in [4.78, 5) is 49.2. The number of ether oxygens (including phenoxy) is 2. The molecule has 2 atom stereocenters. The maximum atomic E-state index is 12.7. The highest BCUT2D eigenvalue weighted by Crippen LogP contribution is 2.28. The first-order chi connectivity index (χ1) is 15.3. The highest BCUT2D eigenvalue weighted by molar-refractivity contribution is 6.30. The summed E-state index contributed by atoms with van der Waals surface area (Å²) in [6.45, 7) is 3.10. The maximum Gasteiger partial charge on any atom is 0.329 e. The summed E-state index contributed by atoms with van der Waals surface area (Å²) in [6, 6.07) is 9.91. The van der Waals surface area contributed by atoms with Gasteiger partial charge in [-0.2, -0.15) is 0 Å². The van der Waals surface area contributed by atoms with Crippen LogP contribution in [-0.4, -0.2) is 42.8 Å². The van der Waals surface area contributed by atoms with Crippen LogP contribution in [0.3, 0.4) is 0 Å². The lowest BCUT2D eigenvalue weighted by Crippen LogP contribution is -2.46. The van der Waals surface area contributed by atoms with Crippen molar-refractivity contribution in [2.45, 2.75) is 26.3 Å². The number of ketones is 1. The summed E-state index contributed by atoms with van der Waals surface area (Å²) in [5.41, 5.74) is 0.990. The van der Waals surface area contributed by atoms with Gasteiger partial charge in [0.15, 0.2) is 19.0 Å². The average molecular weight is 459 g/mol. The fourth-order valence-corrected chi connectivity index (χ4v) is 3.19. The molecule has 2 N–H and O–H groups in total. The third kappa shape index (κ3) is 5.64. The molecule has 0 aromatic heterocycles. The lowest BCUT2D eigenvalue weighted by molar-refractivity contribution is -0.146. The van der Waals surface area contributed by atoms with Gasteiger partial charge in [-0.15, -0.1) is 0 Å². The van der Waals surface area contributed by atoms with Gasteiger partial charge in [-0.05, 0) is 48.4 Å². The van der Waals surface area contributed by atoms with Crippen molar-refractivity contribution >= 4 is 40.9 Å². The van der Waals surface area contributed by atoms with Gasteiger partial charge in [0, 0.05) is 16.1 Å². The second-order valence-corrected chi connectivity index (χ2v) is 7.86. The van der Waals surface area contributed by atoms with Crippen molar-refractivity contribution in [2.24, 2.45) is 5.92 Å². The van der Waals surface area contributed by atoms with Crippen molar-refractivity contribution in [3.63, 3.8) is 0 Å². The second-order valence-electron chi connectivity index (χ2n) is 7.42. The van der Waals surface area contributed by atoms with E-state index in [2.05, 4.69) is 10.6 Å². The Bertz CT molecular complexity index is 1040. The Morgan fingerprint density at radius 1 is 1.16 bits per heavy atom. The van der Waals surface area contributed by atoms with Gasteiger partial charge in [-0.1, -0.05) is 31.9 Å². The fraction of sp³-hybridized carbons (Fsp3) is 0.304. The number of nitrogens with one attached hydrogen (secondary N) is 2. The molecular weight excluding hydrogens is 436 g/mol. The van der Waals surface area contributed by atoms with E-state index in [1.807, 2.05) is 13.8 Å². The number of Topliss-reactive ketones (excluding diaryl/α,β-unsaturated/α-hetero) is 1. The van der Waals surface area contributed by atoms with Crippen LogP contribution in [-0.2, 0) is 14.3 Å². The van der Waals surface area contributed by atoms with E-state index in [4.69, 9.17) is 21.1 Å². The number of benzene rings is 2. The van der Waals surface area contributed by atoms with E-state index < -0.39 is 30.3 Å². The largest absolute Gasteiger partial charge is 0.482 e. The number of anilines is 1. The molecule has 0 radical (unpaired) electrons. The number of esters is 1. The fourth-order valence-electron chi connectivity index (χ4n) is 3.06. The Labute approximate surface area is 190 Å². The van der Waals surface area contributed by atoms with Crippen LogP contribution in [0.5, 0.6) is 5.75 Å². The molecule has 2 aromatic carbocycles. The molecule has 0 aliphatic carbocycles. The standard InChI is InChI=1S/C23H23ClN2O6/c1-3-13(2)21(26-22(29)14-4-7-16(24)8-5-14)23(30)32-11-18(27)15-6-9-19-17(10-15)25-20(28)12-31-19/h4-10,13,21H,3,11-12H2,1-2H3,(H,25,28)(H,26,29)/t13-,21-/m0/s1. The van der Waals surface area contributed by atoms with Crippen LogP contribution in [0.4, 0.5) is 5.69 Å². The normalized spacial score (nSPS) is 14.3. The monoisotopic (exact) mass is 458 g/mol. The van der Waals surface area contributed by atoms with Crippen LogP contribution in [0.25, 0.3) is 0 Å². The number of rotatable bonds is 8. The number of amides is 2. The Kier molecular flexibility index (Phi) is 7.48. The smallest absolute Gasteiger partial charge is 0.329 e. The van der Waals surface area contributed by atoms with Crippen LogP contribution in [0.1, 0.15) is 41.0 Å². The number of halogens is 1. The van der Waals surface area contributed by atoms with Crippen molar-refractivity contribution in [2.75, 3.05) is 18.5 Å². The number of carbonyl (C=O) groups excluding carboxylic acids is 4. The summed E-state index contributed by atoms with van der Waals surface area (Å²) >= 11 is 5.85. The van der Waals surface area contributed by atoms with Gasteiger partial charge in [0.1, 0.15) is 11.8 Å². The van der Waals surface area contributed by atoms with Crippen molar-refractivity contribution in [1.82, 2.24) is 5.32 Å². The van der Waals surface area contributed by atoms with Crippen molar-refractivity contribution in [1.29, 1.82) is 0 Å². The van der Waals surface area contributed by atoms with E-state index in [0.29, 0.717) is 28.4 Å². The van der Waals surface area contributed by atoms with E-state index in [0.717, 1.165) is 0 Å². The lowest BCUT2D eigenvalue weighted by Gasteiger charge is -2.22. The predicted octanol–water partition coefficient (Wildman–Crippen LogP) is 3.24. The van der Waals surface area contributed by atoms with E-state index in [1.165, 1.54) is 12.1 Å². The summed E-state index contributed by atoms with van der Waals surface area (Å²) in [7, 11) is 0. The lowest BCUT2D eigenvalue weighted by atomic mass is 9.98. The first-order valence-electron chi connectivity index (χ1n) is 10.1. The van der Waals surface area contributed by atoms with E-state index >= 15 is 0 Å². The van der Waals surface area contributed by atoms with Crippen LogP contribution >= 0.6 is 11.6 Å². The van der Waals surface area contributed by atoms with Crippen LogP contribution in [0.15, 0.2) is 42.5 Å². The molecule has 0 fully saturated rings. The molecule has 2 aromatic rings. The zero-order valence-corrected chi connectivity index (χ0v) is 18.4. The molecule has 0 unspecified atom stereocenters. The molecule has 1 heterocycles.